The average molecular weight is 512 g/mol. The average Bonchev–Trinajstić information content (AvgIpc) is 3.47. The number of carbonyl (C=O) groups excluding carboxylic acids is 1. The Morgan fingerprint density at radius 2 is 2.06 bits per heavy atom. The Morgan fingerprint density at radius 3 is 2.89 bits per heavy atom. The highest BCUT2D eigenvalue weighted by Gasteiger charge is 2.27. The monoisotopic (exact) mass is 511 g/mol. The van der Waals surface area contributed by atoms with Crippen molar-refractivity contribution in [2.24, 2.45) is 5.10 Å². The van der Waals surface area contributed by atoms with Gasteiger partial charge in [-0.15, -0.1) is 5.10 Å². The number of hydrogen-bond donors (Lipinski definition) is 2. The molecule has 0 fully saturated rings. The molecule has 4 aromatic rings. The fourth-order valence-corrected chi connectivity index (χ4v) is 4.27. The topological polar surface area (TPSA) is 140 Å². The predicted octanol–water partition coefficient (Wildman–Crippen LogP) is 3.26. The van der Waals surface area contributed by atoms with Gasteiger partial charge in [-0.05, 0) is 40.9 Å². The van der Waals surface area contributed by atoms with E-state index in [4.69, 9.17) is 33.6 Å². The molecule has 5 rings (SSSR count). The van der Waals surface area contributed by atoms with Gasteiger partial charge in [0.15, 0.2) is 5.69 Å². The maximum atomic E-state index is 13.1. The van der Waals surface area contributed by atoms with Crippen LogP contribution >= 0.6 is 23.2 Å². The van der Waals surface area contributed by atoms with E-state index in [2.05, 4.69) is 42.1 Å². The molecule has 0 saturated carbocycles. The Morgan fingerprint density at radius 1 is 1.20 bits per heavy atom. The first-order valence-corrected chi connectivity index (χ1v) is 11.4. The van der Waals surface area contributed by atoms with E-state index >= 15 is 0 Å². The molecule has 0 unspecified atom stereocenters. The number of benzene rings is 2. The number of aromatic nitrogens is 5. The minimum absolute atomic E-state index is 0.0239. The van der Waals surface area contributed by atoms with Gasteiger partial charge in [0.25, 0.3) is 5.91 Å². The SMILES string of the molecule is Nc1nonc1-n1nnc(C(=O)N/N=C/c2cccc(Cl)c2Cl)c1CN1CCCc2ccccc21. The summed E-state index contributed by atoms with van der Waals surface area (Å²) < 4.78 is 6.09. The van der Waals surface area contributed by atoms with Gasteiger partial charge in [0, 0.05) is 17.8 Å². The highest BCUT2D eigenvalue weighted by Crippen LogP contribution is 2.29. The van der Waals surface area contributed by atoms with Crippen LogP contribution in [0.4, 0.5) is 11.5 Å². The molecule has 0 radical (unpaired) electrons. The molecule has 0 aliphatic carbocycles. The standard InChI is InChI=1S/C22H19Cl2N9O2/c23-15-8-3-6-14(18(15)24)11-26-28-22(34)19-17(33(31-27-19)21-20(25)29-35-30-21)12-32-10-4-7-13-5-1-2-9-16(13)32/h1-3,5-6,8-9,11H,4,7,10,12H2,(H2,25,29)(H,28,34)/b26-11+. The highest BCUT2D eigenvalue weighted by atomic mass is 35.5. The summed E-state index contributed by atoms with van der Waals surface area (Å²) in [6.07, 6.45) is 3.35. The van der Waals surface area contributed by atoms with Crippen molar-refractivity contribution in [3.05, 3.63) is 75.0 Å². The van der Waals surface area contributed by atoms with E-state index < -0.39 is 5.91 Å². The molecule has 2 aromatic heterocycles. The number of fused-ring (bicyclic) bond motifs is 1. The number of nitrogens with two attached hydrogens (primary N) is 1. The summed E-state index contributed by atoms with van der Waals surface area (Å²) in [5, 5.41) is 20.3. The summed E-state index contributed by atoms with van der Waals surface area (Å²) in [7, 11) is 0. The number of aryl methyl sites for hydroxylation is 1. The van der Waals surface area contributed by atoms with Crippen LogP contribution in [0.2, 0.25) is 10.0 Å². The van der Waals surface area contributed by atoms with Gasteiger partial charge in [-0.25, -0.2) is 10.1 Å². The third kappa shape index (κ3) is 4.55. The first kappa shape index (κ1) is 22.8. The van der Waals surface area contributed by atoms with E-state index in [0.717, 1.165) is 25.1 Å². The molecule has 1 aliphatic heterocycles. The van der Waals surface area contributed by atoms with Gasteiger partial charge in [0.1, 0.15) is 0 Å². The molecule has 2 aromatic carbocycles. The Balaban J connectivity index is 1.46. The summed E-state index contributed by atoms with van der Waals surface area (Å²) in [6, 6.07) is 13.3. The van der Waals surface area contributed by atoms with Crippen LogP contribution in [0.5, 0.6) is 0 Å². The normalized spacial score (nSPS) is 13.3. The molecule has 0 saturated heterocycles. The Kier molecular flexibility index (Phi) is 6.34. The zero-order valence-corrected chi connectivity index (χ0v) is 19.7. The van der Waals surface area contributed by atoms with Crippen LogP contribution in [0.3, 0.4) is 0 Å². The number of nitrogens with zero attached hydrogens (tertiary/aromatic N) is 7. The third-order valence-electron chi connectivity index (χ3n) is 5.57. The van der Waals surface area contributed by atoms with Crippen molar-refractivity contribution in [2.75, 3.05) is 17.2 Å². The van der Waals surface area contributed by atoms with Gasteiger partial charge in [-0.1, -0.05) is 58.7 Å². The first-order valence-electron chi connectivity index (χ1n) is 10.7. The van der Waals surface area contributed by atoms with Crippen LogP contribution in [0, 0.1) is 0 Å². The highest BCUT2D eigenvalue weighted by molar-refractivity contribution is 6.43. The summed E-state index contributed by atoms with van der Waals surface area (Å²) in [6.45, 7) is 1.12. The number of halogens is 2. The number of para-hydroxylation sites is 1. The summed E-state index contributed by atoms with van der Waals surface area (Å²) in [5.74, 6) is -0.400. The number of carbonyl (C=O) groups is 1. The van der Waals surface area contributed by atoms with E-state index in [-0.39, 0.29) is 17.3 Å². The van der Waals surface area contributed by atoms with E-state index in [0.29, 0.717) is 27.8 Å². The number of anilines is 2. The van der Waals surface area contributed by atoms with Gasteiger partial charge in [0.2, 0.25) is 11.6 Å². The van der Waals surface area contributed by atoms with Crippen LogP contribution in [0.1, 0.15) is 33.7 Å². The molecular formula is C22H19Cl2N9O2. The van der Waals surface area contributed by atoms with Gasteiger partial charge >= 0.3 is 0 Å². The minimum atomic E-state index is -0.569. The van der Waals surface area contributed by atoms with Crippen molar-refractivity contribution < 1.29 is 9.42 Å². The quantitative estimate of drug-likeness (QED) is 0.296. The maximum Gasteiger partial charge on any atom is 0.293 e. The largest absolute Gasteiger partial charge is 0.378 e. The van der Waals surface area contributed by atoms with Gasteiger partial charge in [0.05, 0.1) is 28.5 Å². The molecule has 0 spiro atoms. The van der Waals surface area contributed by atoms with Crippen LogP contribution in [0.25, 0.3) is 5.82 Å². The number of hydrogen-bond acceptors (Lipinski definition) is 9. The van der Waals surface area contributed by atoms with Crippen LogP contribution in [-0.2, 0) is 13.0 Å². The molecule has 13 heteroatoms. The summed E-state index contributed by atoms with van der Waals surface area (Å²) in [4.78, 5) is 15.2. The van der Waals surface area contributed by atoms with Crippen molar-refractivity contribution in [3.63, 3.8) is 0 Å². The first-order chi connectivity index (χ1) is 17.0. The van der Waals surface area contributed by atoms with Crippen molar-refractivity contribution >= 4 is 46.8 Å². The van der Waals surface area contributed by atoms with E-state index in [1.165, 1.54) is 16.5 Å². The lowest BCUT2D eigenvalue weighted by Crippen LogP contribution is -2.31. The Hall–Kier alpha value is -3.96. The molecule has 1 aliphatic rings. The molecule has 1 amide bonds. The zero-order valence-electron chi connectivity index (χ0n) is 18.2. The molecule has 0 bridgehead atoms. The fourth-order valence-electron chi connectivity index (χ4n) is 3.92. The lowest BCUT2D eigenvalue weighted by molar-refractivity contribution is 0.0949. The smallest absolute Gasteiger partial charge is 0.293 e. The number of amides is 1. The van der Waals surface area contributed by atoms with Crippen molar-refractivity contribution in [2.45, 2.75) is 19.4 Å². The maximum absolute atomic E-state index is 13.1. The lowest BCUT2D eigenvalue weighted by atomic mass is 10.0. The molecule has 178 valence electrons. The number of nitrogen functional groups attached to an aromatic ring is 1. The van der Waals surface area contributed by atoms with E-state index in [9.17, 15) is 4.79 Å². The van der Waals surface area contributed by atoms with Crippen LogP contribution in [0.15, 0.2) is 52.2 Å². The van der Waals surface area contributed by atoms with Crippen LogP contribution < -0.4 is 16.1 Å². The molecule has 35 heavy (non-hydrogen) atoms. The summed E-state index contributed by atoms with van der Waals surface area (Å²) in [5.41, 5.74) is 11.7. The number of nitrogens with one attached hydrogen (secondary N) is 1. The van der Waals surface area contributed by atoms with Crippen molar-refractivity contribution in [1.82, 2.24) is 30.7 Å². The second-order valence-corrected chi connectivity index (χ2v) is 8.55. The number of rotatable bonds is 6. The van der Waals surface area contributed by atoms with Gasteiger partial charge < -0.3 is 10.6 Å². The van der Waals surface area contributed by atoms with Crippen molar-refractivity contribution in [1.29, 1.82) is 0 Å². The second kappa shape index (κ2) is 9.72. The molecule has 11 nitrogen and oxygen atoms in total. The minimum Gasteiger partial charge on any atom is -0.378 e. The molecule has 3 N–H and O–H groups in total. The van der Waals surface area contributed by atoms with E-state index in [1.54, 1.807) is 18.2 Å². The Bertz CT molecular complexity index is 1420. The van der Waals surface area contributed by atoms with Crippen molar-refractivity contribution in [3.8, 4) is 5.82 Å². The number of hydrazone groups is 1. The third-order valence-corrected chi connectivity index (χ3v) is 6.41. The second-order valence-electron chi connectivity index (χ2n) is 7.77. The lowest BCUT2D eigenvalue weighted by Gasteiger charge is -2.31. The predicted molar refractivity (Wildman–Crippen MR) is 131 cm³/mol. The van der Waals surface area contributed by atoms with E-state index in [1.807, 2.05) is 18.2 Å². The van der Waals surface area contributed by atoms with Crippen LogP contribution in [-0.4, -0.2) is 44.0 Å². The van der Waals surface area contributed by atoms with Gasteiger partial charge in [-0.3, -0.25) is 4.79 Å². The molecule has 0 atom stereocenters. The summed E-state index contributed by atoms with van der Waals surface area (Å²) >= 11 is 12.2. The molecular weight excluding hydrogens is 493 g/mol. The molecule has 3 heterocycles. The Labute approximate surface area is 209 Å². The zero-order chi connectivity index (χ0) is 24.4. The van der Waals surface area contributed by atoms with Gasteiger partial charge in [-0.2, -0.15) is 9.78 Å². The fraction of sp³-hybridized carbons (Fsp3) is 0.182.